The van der Waals surface area contributed by atoms with E-state index < -0.39 is 0 Å². The number of fused-ring (bicyclic) bond motifs is 1. The predicted molar refractivity (Wildman–Crippen MR) is 53.7 cm³/mol. The van der Waals surface area contributed by atoms with Crippen molar-refractivity contribution in [2.75, 3.05) is 0 Å². The van der Waals surface area contributed by atoms with Gasteiger partial charge in [0.25, 0.3) is 0 Å². The lowest BCUT2D eigenvalue weighted by Gasteiger charge is -1.99. The number of aromatic nitrogens is 1. The first-order chi connectivity index (χ1) is 6.31. The summed E-state index contributed by atoms with van der Waals surface area (Å²) < 4.78 is 1.17. The summed E-state index contributed by atoms with van der Waals surface area (Å²) in [5, 5.41) is 11.2. The quantitative estimate of drug-likeness (QED) is 0.717. The first-order valence-corrected chi connectivity index (χ1v) is 5.22. The molecule has 0 aliphatic rings. The maximum Gasteiger partial charge on any atom is 0.181 e. The topological polar surface area (TPSA) is 32.8 Å². The lowest BCUT2D eigenvalue weighted by molar-refractivity contribution is 0.355. The fourth-order valence-electron chi connectivity index (χ4n) is 1.47. The van der Waals surface area contributed by atoms with Gasteiger partial charge in [-0.2, -0.15) is 0 Å². The van der Waals surface area contributed by atoms with Gasteiger partial charge >= 0.3 is 0 Å². The second-order valence-electron chi connectivity index (χ2n) is 3.03. The van der Waals surface area contributed by atoms with Gasteiger partial charge in [0.2, 0.25) is 0 Å². The van der Waals surface area contributed by atoms with Gasteiger partial charge in [-0.25, -0.2) is 4.98 Å². The average molecular weight is 192 g/mol. The summed E-state index contributed by atoms with van der Waals surface area (Å²) in [5.74, 6) is 0.0712. The Morgan fingerprint density at radius 1 is 1.46 bits per heavy atom. The number of hydrogen-bond acceptors (Lipinski definition) is 2. The lowest BCUT2D eigenvalue weighted by atomic mass is 10.1. The Morgan fingerprint density at radius 2 is 2.31 bits per heavy atom. The molecular formula is C10H10NOS. The van der Waals surface area contributed by atoms with E-state index >= 15 is 0 Å². The second kappa shape index (κ2) is 3.34. The van der Waals surface area contributed by atoms with E-state index in [1.54, 1.807) is 29.0 Å². The standard InChI is InChI=1S/C10H10NOS/c1-2-3-7-4-8(12)5-9-10(7)13-6-11-9/h4-6H,2-3H2,1H3. The van der Waals surface area contributed by atoms with Crippen LogP contribution in [0.1, 0.15) is 18.9 Å². The molecule has 2 nitrogen and oxygen atoms in total. The smallest absolute Gasteiger partial charge is 0.181 e. The first kappa shape index (κ1) is 8.51. The largest absolute Gasteiger partial charge is 0.290 e. The summed E-state index contributed by atoms with van der Waals surface area (Å²) in [4.78, 5) is 4.14. The normalized spacial score (nSPS) is 10.8. The minimum Gasteiger partial charge on any atom is -0.290 e. The zero-order valence-corrected chi connectivity index (χ0v) is 8.23. The molecule has 13 heavy (non-hydrogen) atoms. The second-order valence-corrected chi connectivity index (χ2v) is 3.89. The first-order valence-electron chi connectivity index (χ1n) is 4.34. The Hall–Kier alpha value is -1.09. The van der Waals surface area contributed by atoms with Crippen LogP contribution >= 0.6 is 11.3 Å². The summed E-state index contributed by atoms with van der Waals surface area (Å²) in [7, 11) is 0. The van der Waals surface area contributed by atoms with Crippen LogP contribution in [-0.2, 0) is 11.5 Å². The third-order valence-electron chi connectivity index (χ3n) is 2.00. The number of benzene rings is 1. The van der Waals surface area contributed by atoms with Crippen LogP contribution in [-0.4, -0.2) is 4.98 Å². The van der Waals surface area contributed by atoms with Crippen molar-refractivity contribution < 1.29 is 5.11 Å². The summed E-state index contributed by atoms with van der Waals surface area (Å²) in [6.07, 6.45) is 2.03. The van der Waals surface area contributed by atoms with E-state index in [-0.39, 0.29) is 5.75 Å². The molecular weight excluding hydrogens is 182 g/mol. The van der Waals surface area contributed by atoms with Crippen LogP contribution in [0.5, 0.6) is 5.75 Å². The van der Waals surface area contributed by atoms with Gasteiger partial charge in [-0.05, 0) is 18.1 Å². The van der Waals surface area contributed by atoms with Crippen molar-refractivity contribution >= 4 is 21.6 Å². The van der Waals surface area contributed by atoms with Gasteiger partial charge in [0.15, 0.2) is 5.75 Å². The van der Waals surface area contributed by atoms with E-state index in [1.165, 1.54) is 4.70 Å². The van der Waals surface area contributed by atoms with Crippen LogP contribution in [0.2, 0.25) is 0 Å². The highest BCUT2D eigenvalue weighted by molar-refractivity contribution is 7.16. The third kappa shape index (κ3) is 1.52. The molecule has 0 saturated heterocycles. The SMILES string of the molecule is CCCc1cc([O])cc2ncsc12. The molecule has 1 radical (unpaired) electrons. The van der Waals surface area contributed by atoms with Gasteiger partial charge in [0, 0.05) is 6.07 Å². The van der Waals surface area contributed by atoms with Crippen molar-refractivity contribution in [1.29, 1.82) is 0 Å². The van der Waals surface area contributed by atoms with Crippen molar-refractivity contribution in [3.63, 3.8) is 0 Å². The maximum absolute atomic E-state index is 11.2. The van der Waals surface area contributed by atoms with E-state index in [9.17, 15) is 5.11 Å². The minimum absolute atomic E-state index is 0.0712. The molecule has 1 heterocycles. The van der Waals surface area contributed by atoms with Crippen molar-refractivity contribution in [1.82, 2.24) is 4.98 Å². The molecule has 0 spiro atoms. The molecule has 2 rings (SSSR count). The van der Waals surface area contributed by atoms with Crippen LogP contribution in [0, 0.1) is 0 Å². The monoisotopic (exact) mass is 192 g/mol. The predicted octanol–water partition coefficient (Wildman–Crippen LogP) is 3.39. The highest BCUT2D eigenvalue weighted by Gasteiger charge is 2.05. The van der Waals surface area contributed by atoms with Crippen molar-refractivity contribution in [3.8, 4) is 5.75 Å². The molecule has 0 fully saturated rings. The van der Waals surface area contributed by atoms with Crippen molar-refractivity contribution in [2.24, 2.45) is 0 Å². The average Bonchev–Trinajstić information content (AvgIpc) is 2.52. The van der Waals surface area contributed by atoms with Gasteiger partial charge in [-0.15, -0.1) is 11.3 Å². The van der Waals surface area contributed by atoms with E-state index in [1.807, 2.05) is 0 Å². The Bertz CT molecular complexity index is 422. The van der Waals surface area contributed by atoms with E-state index in [4.69, 9.17) is 0 Å². The molecule has 0 unspecified atom stereocenters. The molecule has 1 aromatic carbocycles. The molecule has 0 N–H and O–H groups in total. The number of rotatable bonds is 2. The van der Waals surface area contributed by atoms with Gasteiger partial charge in [-0.3, -0.25) is 5.11 Å². The molecule has 67 valence electrons. The summed E-state index contributed by atoms with van der Waals surface area (Å²) in [6.45, 7) is 2.12. The fourth-order valence-corrected chi connectivity index (χ4v) is 2.28. The number of aryl methyl sites for hydroxylation is 1. The van der Waals surface area contributed by atoms with Crippen molar-refractivity contribution in [3.05, 3.63) is 23.2 Å². The van der Waals surface area contributed by atoms with Gasteiger partial charge in [-0.1, -0.05) is 13.3 Å². The van der Waals surface area contributed by atoms with Crippen LogP contribution in [0.25, 0.3) is 10.2 Å². The Morgan fingerprint density at radius 3 is 3.08 bits per heavy atom. The highest BCUT2D eigenvalue weighted by atomic mass is 32.1. The van der Waals surface area contributed by atoms with Gasteiger partial charge in [0.1, 0.15) is 0 Å². The molecule has 1 aromatic heterocycles. The molecule has 0 atom stereocenters. The molecule has 2 aromatic rings. The zero-order chi connectivity index (χ0) is 9.26. The fraction of sp³-hybridized carbons (Fsp3) is 0.300. The lowest BCUT2D eigenvalue weighted by Crippen LogP contribution is -1.82. The van der Waals surface area contributed by atoms with E-state index in [0.29, 0.717) is 0 Å². The molecule has 0 amide bonds. The molecule has 0 aliphatic carbocycles. The molecule has 0 saturated carbocycles. The van der Waals surface area contributed by atoms with Gasteiger partial charge < -0.3 is 0 Å². The van der Waals surface area contributed by atoms with Crippen LogP contribution in [0.15, 0.2) is 17.6 Å². The number of thiazole rings is 1. The summed E-state index contributed by atoms with van der Waals surface area (Å²) in [6, 6.07) is 3.33. The molecule has 0 aliphatic heterocycles. The van der Waals surface area contributed by atoms with Crippen LogP contribution in [0.4, 0.5) is 0 Å². The van der Waals surface area contributed by atoms with E-state index in [0.717, 1.165) is 23.9 Å². The maximum atomic E-state index is 11.2. The Kier molecular flexibility index (Phi) is 2.19. The van der Waals surface area contributed by atoms with E-state index in [2.05, 4.69) is 11.9 Å². The third-order valence-corrected chi connectivity index (χ3v) is 2.92. The summed E-state index contributed by atoms with van der Waals surface area (Å²) >= 11 is 1.61. The van der Waals surface area contributed by atoms with Crippen LogP contribution in [0.3, 0.4) is 0 Å². The Balaban J connectivity index is 2.63. The number of hydrogen-bond donors (Lipinski definition) is 0. The van der Waals surface area contributed by atoms with Gasteiger partial charge in [0.05, 0.1) is 15.7 Å². The Labute approximate surface area is 80.9 Å². The highest BCUT2D eigenvalue weighted by Crippen LogP contribution is 2.28. The zero-order valence-electron chi connectivity index (χ0n) is 7.41. The van der Waals surface area contributed by atoms with Crippen molar-refractivity contribution in [2.45, 2.75) is 19.8 Å². The number of nitrogens with zero attached hydrogens (tertiary/aromatic N) is 1. The van der Waals surface area contributed by atoms with Crippen LogP contribution < -0.4 is 0 Å². The molecule has 3 heteroatoms. The summed E-state index contributed by atoms with van der Waals surface area (Å²) in [5.41, 5.74) is 3.79. The molecule has 0 bridgehead atoms. The minimum atomic E-state index is 0.0712.